The van der Waals surface area contributed by atoms with Crippen molar-refractivity contribution >= 4 is 33.6 Å². The number of nitrogens with one attached hydrogen (secondary N) is 1. The molecule has 6 heteroatoms. The fourth-order valence-corrected chi connectivity index (χ4v) is 4.06. The molecule has 29 heavy (non-hydrogen) atoms. The van der Waals surface area contributed by atoms with Gasteiger partial charge in [0.15, 0.2) is 5.58 Å². The number of anilines is 2. The van der Waals surface area contributed by atoms with Crippen LogP contribution in [0.2, 0.25) is 0 Å². The molecule has 2 aliphatic heterocycles. The van der Waals surface area contributed by atoms with Gasteiger partial charge in [-0.2, -0.15) is 0 Å². The molecule has 0 aliphatic carbocycles. The minimum absolute atomic E-state index is 0.221. The summed E-state index contributed by atoms with van der Waals surface area (Å²) in [5.41, 5.74) is 5.42. The molecule has 3 heterocycles. The Kier molecular flexibility index (Phi) is 4.36. The second-order valence-corrected chi connectivity index (χ2v) is 7.35. The van der Waals surface area contributed by atoms with Crippen molar-refractivity contribution in [2.45, 2.75) is 6.92 Å². The molecule has 5 rings (SSSR count). The number of oxazole rings is 1. The highest BCUT2D eigenvalue weighted by Gasteiger charge is 2.27. The molecule has 0 atom stereocenters. The lowest BCUT2D eigenvalue weighted by Crippen LogP contribution is -2.44. The summed E-state index contributed by atoms with van der Waals surface area (Å²) in [6.07, 6.45) is 2.01. The molecule has 3 aromatic rings. The van der Waals surface area contributed by atoms with E-state index in [1.54, 1.807) is 6.07 Å². The maximum Gasteiger partial charge on any atom is 0.229 e. The molecule has 1 saturated heterocycles. The van der Waals surface area contributed by atoms with E-state index in [1.165, 1.54) is 0 Å². The minimum atomic E-state index is -0.221. The number of rotatable bonds is 3. The lowest BCUT2D eigenvalue weighted by Gasteiger charge is -2.33. The largest absolute Gasteiger partial charge is 0.436 e. The van der Waals surface area contributed by atoms with Gasteiger partial charge in [-0.1, -0.05) is 18.7 Å². The Hall–Kier alpha value is -3.12. The molecule has 0 saturated carbocycles. The zero-order valence-electron chi connectivity index (χ0n) is 16.4. The van der Waals surface area contributed by atoms with Crippen LogP contribution >= 0.6 is 0 Å². The number of allylic oxidation sites excluding steroid dienone is 2. The van der Waals surface area contributed by atoms with E-state index < -0.39 is 0 Å². The van der Waals surface area contributed by atoms with Crippen molar-refractivity contribution in [2.24, 2.45) is 0 Å². The number of para-hydroxylation sites is 2. The van der Waals surface area contributed by atoms with Crippen LogP contribution in [0.15, 0.2) is 53.6 Å². The van der Waals surface area contributed by atoms with Gasteiger partial charge in [0, 0.05) is 44.5 Å². The van der Waals surface area contributed by atoms with Crippen molar-refractivity contribution in [3.05, 3.63) is 66.4 Å². The number of fused-ring (bicyclic) bond motifs is 2. The maximum absolute atomic E-state index is 15.1. The SMILES string of the molecule is C=C1C(c2nc3ccccc3o2)=CN(CC)c2cc(N3CCNCC3)c(F)cc21. The summed E-state index contributed by atoms with van der Waals surface area (Å²) in [5, 5.41) is 3.31. The van der Waals surface area contributed by atoms with Gasteiger partial charge in [0.1, 0.15) is 11.3 Å². The first-order valence-electron chi connectivity index (χ1n) is 9.99. The van der Waals surface area contributed by atoms with Crippen LogP contribution in [-0.2, 0) is 0 Å². The van der Waals surface area contributed by atoms with Crippen LogP contribution in [0.25, 0.3) is 22.2 Å². The quantitative estimate of drug-likeness (QED) is 0.724. The minimum Gasteiger partial charge on any atom is -0.436 e. The Morgan fingerprint density at radius 1 is 1.17 bits per heavy atom. The molecule has 0 radical (unpaired) electrons. The first-order valence-corrected chi connectivity index (χ1v) is 9.99. The molecule has 1 N–H and O–H groups in total. The molecule has 148 valence electrons. The van der Waals surface area contributed by atoms with Crippen molar-refractivity contribution in [1.82, 2.24) is 10.3 Å². The highest BCUT2D eigenvalue weighted by Crippen LogP contribution is 2.43. The van der Waals surface area contributed by atoms with Crippen LogP contribution in [-0.4, -0.2) is 37.7 Å². The molecule has 2 aliphatic rings. The number of nitrogens with zero attached hydrogens (tertiary/aromatic N) is 3. The van der Waals surface area contributed by atoms with Gasteiger partial charge in [-0.3, -0.25) is 0 Å². The third kappa shape index (κ3) is 3.00. The Balaban J connectivity index is 1.59. The zero-order valence-corrected chi connectivity index (χ0v) is 16.4. The summed E-state index contributed by atoms with van der Waals surface area (Å²) in [6.45, 7) is 10.4. The van der Waals surface area contributed by atoms with Crippen molar-refractivity contribution in [2.75, 3.05) is 42.5 Å². The smallest absolute Gasteiger partial charge is 0.229 e. The Bertz CT molecular complexity index is 1090. The number of hydrogen-bond donors (Lipinski definition) is 1. The van der Waals surface area contributed by atoms with E-state index in [4.69, 9.17) is 4.42 Å². The van der Waals surface area contributed by atoms with Crippen molar-refractivity contribution in [3.63, 3.8) is 0 Å². The van der Waals surface area contributed by atoms with Gasteiger partial charge in [-0.25, -0.2) is 9.37 Å². The van der Waals surface area contributed by atoms with Gasteiger partial charge in [0.2, 0.25) is 5.89 Å². The lowest BCUT2D eigenvalue weighted by atomic mass is 9.93. The van der Waals surface area contributed by atoms with E-state index in [2.05, 4.69) is 33.6 Å². The van der Waals surface area contributed by atoms with Crippen LogP contribution < -0.4 is 15.1 Å². The fourth-order valence-electron chi connectivity index (χ4n) is 4.06. The van der Waals surface area contributed by atoms with Gasteiger partial charge >= 0.3 is 0 Å². The Morgan fingerprint density at radius 2 is 1.97 bits per heavy atom. The third-order valence-electron chi connectivity index (χ3n) is 5.63. The number of benzene rings is 2. The number of halogens is 1. The second-order valence-electron chi connectivity index (χ2n) is 7.35. The van der Waals surface area contributed by atoms with Crippen LogP contribution in [0.4, 0.5) is 15.8 Å². The van der Waals surface area contributed by atoms with Crippen LogP contribution in [0.1, 0.15) is 18.4 Å². The molecule has 0 spiro atoms. The fraction of sp³-hybridized carbons (Fsp3) is 0.261. The molecular formula is C23H23FN4O. The van der Waals surface area contributed by atoms with E-state index in [1.807, 2.05) is 36.5 Å². The average molecular weight is 390 g/mol. The predicted octanol–water partition coefficient (Wildman–Crippen LogP) is 4.27. The predicted molar refractivity (Wildman–Crippen MR) is 116 cm³/mol. The summed E-state index contributed by atoms with van der Waals surface area (Å²) in [7, 11) is 0. The maximum atomic E-state index is 15.1. The van der Waals surface area contributed by atoms with Crippen molar-refractivity contribution in [1.29, 1.82) is 0 Å². The lowest BCUT2D eigenvalue weighted by molar-refractivity contribution is 0.566. The summed E-state index contributed by atoms with van der Waals surface area (Å²) in [5.74, 6) is 0.286. The molecular weight excluding hydrogens is 367 g/mol. The van der Waals surface area contributed by atoms with Gasteiger partial charge in [-0.05, 0) is 36.8 Å². The highest BCUT2D eigenvalue weighted by atomic mass is 19.1. The summed E-state index contributed by atoms with van der Waals surface area (Å²) >= 11 is 0. The van der Waals surface area contributed by atoms with Crippen molar-refractivity contribution in [3.8, 4) is 0 Å². The first-order chi connectivity index (χ1) is 14.2. The van der Waals surface area contributed by atoms with Crippen LogP contribution in [0.5, 0.6) is 0 Å². The normalized spacial score (nSPS) is 16.9. The summed E-state index contributed by atoms with van der Waals surface area (Å²) < 4.78 is 21.0. The summed E-state index contributed by atoms with van der Waals surface area (Å²) in [4.78, 5) is 8.82. The topological polar surface area (TPSA) is 44.5 Å². The number of aromatic nitrogens is 1. The van der Waals surface area contributed by atoms with Crippen LogP contribution in [0, 0.1) is 5.82 Å². The van der Waals surface area contributed by atoms with E-state index in [9.17, 15) is 0 Å². The monoisotopic (exact) mass is 390 g/mol. The summed E-state index contributed by atoms with van der Waals surface area (Å²) in [6, 6.07) is 11.2. The van der Waals surface area contributed by atoms with E-state index in [-0.39, 0.29) is 5.82 Å². The first kappa shape index (κ1) is 17.9. The van der Waals surface area contributed by atoms with E-state index >= 15 is 4.39 Å². The zero-order chi connectivity index (χ0) is 20.0. The van der Waals surface area contributed by atoms with Crippen molar-refractivity contribution < 1.29 is 8.81 Å². The van der Waals surface area contributed by atoms with Crippen LogP contribution in [0.3, 0.4) is 0 Å². The molecule has 1 aromatic heterocycles. The number of hydrogen-bond acceptors (Lipinski definition) is 5. The molecule has 5 nitrogen and oxygen atoms in total. The van der Waals surface area contributed by atoms with Gasteiger partial charge in [-0.15, -0.1) is 0 Å². The number of piperazine rings is 1. The second kappa shape index (κ2) is 7.04. The standard InChI is InChI=1S/C23H23FN4O/c1-3-27-14-17(23-26-19-6-4-5-7-22(19)29-23)15(2)16-12-18(24)21(13-20(16)27)28-10-8-25-9-11-28/h4-7,12-14,25H,2-3,8-11H2,1H3. The third-order valence-corrected chi connectivity index (χ3v) is 5.63. The molecule has 0 unspecified atom stereocenters. The van der Waals surface area contributed by atoms with Gasteiger partial charge in [0.05, 0.1) is 16.9 Å². The highest BCUT2D eigenvalue weighted by molar-refractivity contribution is 6.08. The van der Waals surface area contributed by atoms with Gasteiger partial charge < -0.3 is 19.5 Å². The van der Waals surface area contributed by atoms with E-state index in [0.29, 0.717) is 11.6 Å². The molecule has 0 bridgehead atoms. The Morgan fingerprint density at radius 3 is 2.72 bits per heavy atom. The van der Waals surface area contributed by atoms with E-state index in [0.717, 1.165) is 66.2 Å². The molecule has 1 fully saturated rings. The Labute approximate surface area is 169 Å². The average Bonchev–Trinajstić information content (AvgIpc) is 3.18. The molecule has 2 aromatic carbocycles. The molecule has 0 amide bonds. The van der Waals surface area contributed by atoms with Gasteiger partial charge in [0.25, 0.3) is 0 Å².